The van der Waals surface area contributed by atoms with E-state index < -0.39 is 0 Å². The number of carbonyl (C=O) groups is 2. The van der Waals surface area contributed by atoms with E-state index in [2.05, 4.69) is 16.3 Å². The van der Waals surface area contributed by atoms with Crippen molar-refractivity contribution >= 4 is 28.4 Å². The summed E-state index contributed by atoms with van der Waals surface area (Å²) in [6.07, 6.45) is 2.32. The highest BCUT2D eigenvalue weighted by Gasteiger charge is 2.34. The molecular formula is C22H22N4O2. The third-order valence-corrected chi connectivity index (χ3v) is 5.96. The number of para-hydroxylation sites is 2. The molecule has 2 aromatic carbocycles. The van der Waals surface area contributed by atoms with Crippen molar-refractivity contribution in [2.45, 2.75) is 19.3 Å². The Bertz CT molecular complexity index is 1050. The van der Waals surface area contributed by atoms with Crippen LogP contribution in [-0.4, -0.2) is 46.5 Å². The van der Waals surface area contributed by atoms with Gasteiger partial charge in [-0.1, -0.05) is 36.4 Å². The van der Waals surface area contributed by atoms with Crippen LogP contribution in [0.3, 0.4) is 0 Å². The third-order valence-electron chi connectivity index (χ3n) is 5.96. The predicted octanol–water partition coefficient (Wildman–Crippen LogP) is 3.00. The molecule has 0 radical (unpaired) electrons. The van der Waals surface area contributed by atoms with Gasteiger partial charge in [-0.15, -0.1) is 0 Å². The summed E-state index contributed by atoms with van der Waals surface area (Å²) in [5.41, 5.74) is 3.63. The van der Waals surface area contributed by atoms with Crippen LogP contribution in [0.5, 0.6) is 0 Å². The Morgan fingerprint density at radius 1 is 0.964 bits per heavy atom. The molecule has 0 saturated carbocycles. The summed E-state index contributed by atoms with van der Waals surface area (Å²) in [5, 5.41) is 7.99. The molecule has 0 bridgehead atoms. The van der Waals surface area contributed by atoms with Crippen molar-refractivity contribution in [2.75, 3.05) is 24.5 Å². The molecule has 1 saturated heterocycles. The van der Waals surface area contributed by atoms with Crippen molar-refractivity contribution < 1.29 is 9.59 Å². The maximum atomic E-state index is 13.0. The van der Waals surface area contributed by atoms with Crippen LogP contribution in [0.2, 0.25) is 0 Å². The summed E-state index contributed by atoms with van der Waals surface area (Å²) in [4.78, 5) is 29.7. The molecular weight excluding hydrogens is 352 g/mol. The normalized spacial score (nSPS) is 17.1. The number of piperidine rings is 1. The number of nitrogens with one attached hydrogen (secondary N) is 1. The zero-order valence-corrected chi connectivity index (χ0v) is 15.6. The highest BCUT2D eigenvalue weighted by Crippen LogP contribution is 2.31. The first-order valence-corrected chi connectivity index (χ1v) is 9.84. The van der Waals surface area contributed by atoms with Gasteiger partial charge in [-0.25, -0.2) is 0 Å². The highest BCUT2D eigenvalue weighted by atomic mass is 16.2. The number of H-pyrrole nitrogens is 1. The number of rotatable bonds is 2. The minimum atomic E-state index is -0.0603. The zero-order chi connectivity index (χ0) is 19.1. The highest BCUT2D eigenvalue weighted by molar-refractivity contribution is 6.04. The topological polar surface area (TPSA) is 69.3 Å². The summed E-state index contributed by atoms with van der Waals surface area (Å²) in [5.74, 6) is 0.114. The Morgan fingerprint density at radius 2 is 1.71 bits per heavy atom. The van der Waals surface area contributed by atoms with Gasteiger partial charge in [0.25, 0.3) is 5.91 Å². The van der Waals surface area contributed by atoms with Crippen molar-refractivity contribution in [3.63, 3.8) is 0 Å². The van der Waals surface area contributed by atoms with Gasteiger partial charge < -0.3 is 9.80 Å². The SMILES string of the molecule is O=C(c1n[nH]c2ccccc12)N1CCC(C(=O)N2CCc3ccccc32)CC1. The quantitative estimate of drug-likeness (QED) is 0.750. The average Bonchev–Trinajstić information content (AvgIpc) is 3.37. The predicted molar refractivity (Wildman–Crippen MR) is 107 cm³/mol. The average molecular weight is 374 g/mol. The van der Waals surface area contributed by atoms with Gasteiger partial charge in [0.2, 0.25) is 5.91 Å². The molecule has 5 rings (SSSR count). The number of benzene rings is 2. The number of carbonyl (C=O) groups excluding carboxylic acids is 2. The Kier molecular flexibility index (Phi) is 4.11. The van der Waals surface area contributed by atoms with Gasteiger partial charge in [-0.05, 0) is 37.0 Å². The summed E-state index contributed by atoms with van der Waals surface area (Å²) in [6.45, 7) is 1.94. The molecule has 2 aliphatic heterocycles. The van der Waals surface area contributed by atoms with Crippen molar-refractivity contribution in [1.29, 1.82) is 0 Å². The first-order valence-electron chi connectivity index (χ1n) is 9.84. The second-order valence-corrected chi connectivity index (χ2v) is 7.55. The molecule has 3 aromatic rings. The number of aromatic amines is 1. The number of amides is 2. The van der Waals surface area contributed by atoms with Crippen LogP contribution >= 0.6 is 0 Å². The van der Waals surface area contributed by atoms with E-state index in [1.165, 1.54) is 5.56 Å². The number of fused-ring (bicyclic) bond motifs is 2. The lowest BCUT2D eigenvalue weighted by Crippen LogP contribution is -2.44. The minimum absolute atomic E-state index is 0.0221. The molecule has 6 nitrogen and oxygen atoms in total. The fourth-order valence-corrected chi connectivity index (χ4v) is 4.39. The molecule has 28 heavy (non-hydrogen) atoms. The first-order chi connectivity index (χ1) is 13.7. The summed E-state index contributed by atoms with van der Waals surface area (Å²) >= 11 is 0. The van der Waals surface area contributed by atoms with Crippen molar-refractivity contribution in [2.24, 2.45) is 5.92 Å². The van der Waals surface area contributed by atoms with Crippen LogP contribution in [0, 0.1) is 5.92 Å². The number of hydrogen-bond donors (Lipinski definition) is 1. The van der Waals surface area contributed by atoms with Crippen LogP contribution in [0.15, 0.2) is 48.5 Å². The fraction of sp³-hybridized carbons (Fsp3) is 0.318. The second-order valence-electron chi connectivity index (χ2n) is 7.55. The lowest BCUT2D eigenvalue weighted by atomic mass is 9.95. The molecule has 1 fully saturated rings. The van der Waals surface area contributed by atoms with Crippen LogP contribution in [0.4, 0.5) is 5.69 Å². The van der Waals surface area contributed by atoms with Crippen molar-refractivity contribution in [3.8, 4) is 0 Å². The lowest BCUT2D eigenvalue weighted by molar-refractivity contribution is -0.123. The first kappa shape index (κ1) is 17.0. The van der Waals surface area contributed by atoms with E-state index >= 15 is 0 Å². The van der Waals surface area contributed by atoms with Gasteiger partial charge in [0.05, 0.1) is 5.52 Å². The second kappa shape index (κ2) is 6.78. The molecule has 2 aliphatic rings. The van der Waals surface area contributed by atoms with Gasteiger partial charge in [-0.3, -0.25) is 14.7 Å². The zero-order valence-electron chi connectivity index (χ0n) is 15.6. The Hall–Kier alpha value is -3.15. The minimum Gasteiger partial charge on any atom is -0.337 e. The van der Waals surface area contributed by atoms with E-state index in [4.69, 9.17) is 0 Å². The smallest absolute Gasteiger partial charge is 0.274 e. The number of nitrogens with zero attached hydrogens (tertiary/aromatic N) is 3. The molecule has 1 aromatic heterocycles. The van der Waals surface area contributed by atoms with Gasteiger partial charge in [0.15, 0.2) is 5.69 Å². The van der Waals surface area contributed by atoms with E-state index in [1.54, 1.807) is 0 Å². The molecule has 0 atom stereocenters. The third kappa shape index (κ3) is 2.76. The fourth-order valence-electron chi connectivity index (χ4n) is 4.39. The van der Waals surface area contributed by atoms with E-state index in [1.807, 2.05) is 52.3 Å². The van der Waals surface area contributed by atoms with Gasteiger partial charge in [-0.2, -0.15) is 5.10 Å². The van der Waals surface area contributed by atoms with Gasteiger partial charge >= 0.3 is 0 Å². The number of hydrogen-bond acceptors (Lipinski definition) is 3. The molecule has 6 heteroatoms. The maximum absolute atomic E-state index is 13.0. The Labute approximate surface area is 163 Å². The van der Waals surface area contributed by atoms with Crippen LogP contribution in [-0.2, 0) is 11.2 Å². The van der Waals surface area contributed by atoms with Gasteiger partial charge in [0, 0.05) is 36.6 Å². The van der Waals surface area contributed by atoms with E-state index in [9.17, 15) is 9.59 Å². The monoisotopic (exact) mass is 374 g/mol. The molecule has 142 valence electrons. The van der Waals surface area contributed by atoms with Crippen molar-refractivity contribution in [3.05, 3.63) is 59.8 Å². The van der Waals surface area contributed by atoms with E-state index in [-0.39, 0.29) is 17.7 Å². The van der Waals surface area contributed by atoms with Crippen molar-refractivity contribution in [1.82, 2.24) is 15.1 Å². The lowest BCUT2D eigenvalue weighted by Gasteiger charge is -2.33. The molecule has 0 unspecified atom stereocenters. The van der Waals surface area contributed by atoms with Crippen LogP contribution in [0.25, 0.3) is 10.9 Å². The van der Waals surface area contributed by atoms with Crippen LogP contribution < -0.4 is 4.90 Å². The number of aromatic nitrogens is 2. The Balaban J connectivity index is 1.27. The van der Waals surface area contributed by atoms with Gasteiger partial charge in [0.1, 0.15) is 0 Å². The molecule has 0 aliphatic carbocycles. The standard InChI is InChI=1S/C22H22N4O2/c27-21(26-14-11-15-5-1-4-8-19(15)26)16-9-12-25(13-10-16)22(28)20-17-6-2-3-7-18(17)23-24-20/h1-8,16H,9-14H2,(H,23,24). The summed E-state index contributed by atoms with van der Waals surface area (Å²) in [6, 6.07) is 15.8. The maximum Gasteiger partial charge on any atom is 0.274 e. The van der Waals surface area contributed by atoms with E-state index in [0.29, 0.717) is 31.6 Å². The molecule has 0 spiro atoms. The largest absolute Gasteiger partial charge is 0.337 e. The van der Waals surface area contributed by atoms with Crippen LogP contribution in [0.1, 0.15) is 28.9 Å². The van der Waals surface area contributed by atoms with E-state index in [0.717, 1.165) is 29.6 Å². The molecule has 1 N–H and O–H groups in total. The molecule has 3 heterocycles. The number of anilines is 1. The summed E-state index contributed by atoms with van der Waals surface area (Å²) in [7, 11) is 0. The Morgan fingerprint density at radius 3 is 2.57 bits per heavy atom. The molecule has 2 amide bonds. The number of likely N-dealkylation sites (tertiary alicyclic amines) is 1. The summed E-state index contributed by atoms with van der Waals surface area (Å²) < 4.78 is 0.